The monoisotopic (exact) mass is 434 g/mol. The van der Waals surface area contributed by atoms with Crippen LogP contribution in [0, 0.1) is 5.41 Å². The molecule has 0 aliphatic carbocycles. The third kappa shape index (κ3) is 4.68. The minimum Gasteiger partial charge on any atom is -0.494 e. The zero-order valence-electron chi connectivity index (χ0n) is 19.2. The topological polar surface area (TPSA) is 45.1 Å². The number of rotatable bonds is 9. The molecule has 0 fully saturated rings. The van der Waals surface area contributed by atoms with E-state index in [2.05, 4.69) is 85.0 Å². The maximum absolute atomic E-state index is 8.48. The summed E-state index contributed by atoms with van der Waals surface area (Å²) in [6.45, 7) is 4.57. The summed E-state index contributed by atoms with van der Waals surface area (Å²) >= 11 is 0. The SMILES string of the molecule is CCCOc1ccc(NC(c2ccccc2)(c2ccccc2)c2ccccc2)c(C(C)=N)c1. The van der Waals surface area contributed by atoms with Gasteiger partial charge in [0, 0.05) is 17.0 Å². The van der Waals surface area contributed by atoms with E-state index >= 15 is 0 Å². The van der Waals surface area contributed by atoms with Crippen LogP contribution in [0.15, 0.2) is 109 Å². The molecule has 3 heteroatoms. The lowest BCUT2D eigenvalue weighted by atomic mass is 9.76. The Labute approximate surface area is 196 Å². The van der Waals surface area contributed by atoms with E-state index in [1.54, 1.807) is 0 Å². The molecular formula is C30H30N2O. The fourth-order valence-electron chi connectivity index (χ4n) is 4.24. The standard InChI is InChI=1S/C30H30N2O/c1-3-21-33-27-19-20-29(28(22-27)23(2)31)32-30(24-13-7-4-8-14-24,25-15-9-5-10-16-25)26-17-11-6-12-18-26/h4-20,22,31-32H,3,21H2,1-2H3. The number of ether oxygens (including phenoxy) is 1. The molecule has 3 nitrogen and oxygen atoms in total. The normalized spacial score (nSPS) is 11.1. The molecule has 0 saturated carbocycles. The van der Waals surface area contributed by atoms with Crippen molar-refractivity contribution in [1.29, 1.82) is 5.41 Å². The summed E-state index contributed by atoms with van der Waals surface area (Å²) in [6, 6.07) is 37.5. The summed E-state index contributed by atoms with van der Waals surface area (Å²) in [5.74, 6) is 0.786. The molecule has 0 aliphatic heterocycles. The van der Waals surface area contributed by atoms with Crippen molar-refractivity contribution in [3.05, 3.63) is 131 Å². The molecule has 0 aliphatic rings. The lowest BCUT2D eigenvalue weighted by Crippen LogP contribution is -2.38. The molecular weight excluding hydrogens is 404 g/mol. The molecule has 166 valence electrons. The van der Waals surface area contributed by atoms with E-state index in [1.165, 1.54) is 0 Å². The first-order valence-corrected chi connectivity index (χ1v) is 11.4. The van der Waals surface area contributed by atoms with Gasteiger partial charge in [-0.15, -0.1) is 0 Å². The highest BCUT2D eigenvalue weighted by atomic mass is 16.5. The quantitative estimate of drug-likeness (QED) is 0.215. The van der Waals surface area contributed by atoms with Crippen LogP contribution in [-0.2, 0) is 5.54 Å². The van der Waals surface area contributed by atoms with Crippen LogP contribution in [0.4, 0.5) is 5.69 Å². The molecule has 0 bridgehead atoms. The number of hydrogen-bond acceptors (Lipinski definition) is 3. The molecule has 4 rings (SSSR count). The molecule has 2 N–H and O–H groups in total. The number of nitrogens with one attached hydrogen (secondary N) is 2. The summed E-state index contributed by atoms with van der Waals surface area (Å²) in [4.78, 5) is 0. The Morgan fingerprint density at radius 3 is 1.67 bits per heavy atom. The highest BCUT2D eigenvalue weighted by Crippen LogP contribution is 2.41. The van der Waals surface area contributed by atoms with Gasteiger partial charge in [0.2, 0.25) is 0 Å². The van der Waals surface area contributed by atoms with Gasteiger partial charge < -0.3 is 15.5 Å². The minimum absolute atomic E-state index is 0.488. The Morgan fingerprint density at radius 2 is 1.24 bits per heavy atom. The molecule has 0 atom stereocenters. The van der Waals surface area contributed by atoms with E-state index < -0.39 is 5.54 Å². The van der Waals surface area contributed by atoms with Crippen molar-refractivity contribution in [2.24, 2.45) is 0 Å². The van der Waals surface area contributed by atoms with Crippen LogP contribution < -0.4 is 10.1 Å². The number of benzene rings is 4. The van der Waals surface area contributed by atoms with Gasteiger partial charge in [-0.1, -0.05) is 97.9 Å². The summed E-state index contributed by atoms with van der Waals surface area (Å²) in [5, 5.41) is 12.4. The van der Waals surface area contributed by atoms with Gasteiger partial charge >= 0.3 is 0 Å². The van der Waals surface area contributed by atoms with Crippen LogP contribution in [-0.4, -0.2) is 12.3 Å². The molecule has 0 unspecified atom stereocenters. The predicted molar refractivity (Wildman–Crippen MR) is 138 cm³/mol. The lowest BCUT2D eigenvalue weighted by molar-refractivity contribution is 0.317. The van der Waals surface area contributed by atoms with Crippen LogP contribution in [0.25, 0.3) is 0 Å². The average Bonchev–Trinajstić information content (AvgIpc) is 2.88. The predicted octanol–water partition coefficient (Wildman–Crippen LogP) is 7.27. The zero-order valence-corrected chi connectivity index (χ0v) is 19.2. The zero-order chi connectivity index (χ0) is 23.1. The first kappa shape index (κ1) is 22.3. The first-order valence-electron chi connectivity index (χ1n) is 11.4. The van der Waals surface area contributed by atoms with Crippen molar-refractivity contribution in [2.45, 2.75) is 25.8 Å². The molecule has 0 aromatic heterocycles. The molecule has 0 saturated heterocycles. The van der Waals surface area contributed by atoms with E-state index in [4.69, 9.17) is 10.1 Å². The van der Waals surface area contributed by atoms with Crippen molar-refractivity contribution < 1.29 is 4.74 Å². The van der Waals surface area contributed by atoms with Gasteiger partial charge in [0.15, 0.2) is 0 Å². The van der Waals surface area contributed by atoms with Crippen LogP contribution in [0.2, 0.25) is 0 Å². The minimum atomic E-state index is -0.639. The molecule has 0 amide bonds. The fraction of sp³-hybridized carbons (Fsp3) is 0.167. The molecule has 33 heavy (non-hydrogen) atoms. The average molecular weight is 435 g/mol. The van der Waals surface area contributed by atoms with Crippen molar-refractivity contribution in [1.82, 2.24) is 0 Å². The fourth-order valence-corrected chi connectivity index (χ4v) is 4.24. The van der Waals surface area contributed by atoms with Crippen molar-refractivity contribution >= 4 is 11.4 Å². The van der Waals surface area contributed by atoms with E-state index in [0.29, 0.717) is 12.3 Å². The lowest BCUT2D eigenvalue weighted by Gasteiger charge is -2.38. The van der Waals surface area contributed by atoms with Gasteiger partial charge in [0.25, 0.3) is 0 Å². The Balaban J connectivity index is 1.94. The molecule has 0 spiro atoms. The second kappa shape index (κ2) is 10.2. The smallest absolute Gasteiger partial charge is 0.120 e. The molecule has 0 heterocycles. The van der Waals surface area contributed by atoms with Gasteiger partial charge in [-0.05, 0) is 48.2 Å². The molecule has 4 aromatic carbocycles. The van der Waals surface area contributed by atoms with Gasteiger partial charge in [-0.2, -0.15) is 0 Å². The van der Waals surface area contributed by atoms with Crippen molar-refractivity contribution in [3.63, 3.8) is 0 Å². The molecule has 0 radical (unpaired) electrons. The van der Waals surface area contributed by atoms with Crippen LogP contribution in [0.3, 0.4) is 0 Å². The Hall–Kier alpha value is -3.85. The van der Waals surface area contributed by atoms with E-state index in [0.717, 1.165) is 40.1 Å². The first-order chi connectivity index (χ1) is 16.1. The van der Waals surface area contributed by atoms with E-state index in [-0.39, 0.29) is 0 Å². The van der Waals surface area contributed by atoms with Gasteiger partial charge in [-0.25, -0.2) is 0 Å². The Bertz CT molecular complexity index is 1090. The van der Waals surface area contributed by atoms with Crippen LogP contribution in [0.1, 0.15) is 42.5 Å². The van der Waals surface area contributed by atoms with Gasteiger partial charge in [0.05, 0.1) is 6.61 Å². The maximum atomic E-state index is 8.48. The maximum Gasteiger partial charge on any atom is 0.120 e. The summed E-state index contributed by atoms with van der Waals surface area (Å²) in [7, 11) is 0. The van der Waals surface area contributed by atoms with Gasteiger partial charge in [-0.3, -0.25) is 0 Å². The van der Waals surface area contributed by atoms with E-state index in [1.807, 2.05) is 43.3 Å². The van der Waals surface area contributed by atoms with Crippen molar-refractivity contribution in [2.75, 3.05) is 11.9 Å². The summed E-state index contributed by atoms with van der Waals surface area (Å²) in [6.07, 6.45) is 0.942. The highest BCUT2D eigenvalue weighted by molar-refractivity contribution is 6.02. The van der Waals surface area contributed by atoms with E-state index in [9.17, 15) is 0 Å². The summed E-state index contributed by atoms with van der Waals surface area (Å²) < 4.78 is 5.86. The van der Waals surface area contributed by atoms with Gasteiger partial charge in [0.1, 0.15) is 11.3 Å². The number of hydrogen-bond donors (Lipinski definition) is 2. The van der Waals surface area contributed by atoms with Crippen molar-refractivity contribution in [3.8, 4) is 5.75 Å². The number of anilines is 1. The van der Waals surface area contributed by atoms with Crippen LogP contribution >= 0.6 is 0 Å². The Kier molecular flexibility index (Phi) is 6.89. The third-order valence-electron chi connectivity index (χ3n) is 5.81. The largest absolute Gasteiger partial charge is 0.494 e. The second-order valence-electron chi connectivity index (χ2n) is 8.15. The third-order valence-corrected chi connectivity index (χ3v) is 5.81. The van der Waals surface area contributed by atoms with Crippen LogP contribution in [0.5, 0.6) is 5.75 Å². The second-order valence-corrected chi connectivity index (χ2v) is 8.15. The highest BCUT2D eigenvalue weighted by Gasteiger charge is 2.36. The summed E-state index contributed by atoms with van der Waals surface area (Å²) in [5.41, 5.74) is 4.95. The Morgan fingerprint density at radius 1 is 0.758 bits per heavy atom. The molecule has 4 aromatic rings.